The highest BCUT2D eigenvalue weighted by atomic mass is 32.2. The number of thiophene rings is 1. The summed E-state index contributed by atoms with van der Waals surface area (Å²) < 4.78 is 1.70. The molecule has 2 aromatic heterocycles. The van der Waals surface area contributed by atoms with Crippen LogP contribution < -0.4 is 10.9 Å². The van der Waals surface area contributed by atoms with Crippen LogP contribution in [-0.2, 0) is 17.8 Å². The number of hydrogen-bond donors (Lipinski definition) is 1. The molecule has 0 aliphatic rings. The molecular weight excluding hydrogens is 478 g/mol. The van der Waals surface area contributed by atoms with Crippen molar-refractivity contribution in [1.29, 1.82) is 0 Å². The van der Waals surface area contributed by atoms with Gasteiger partial charge in [0.1, 0.15) is 4.83 Å². The van der Waals surface area contributed by atoms with E-state index in [0.717, 1.165) is 16.0 Å². The maximum absolute atomic E-state index is 13.5. The van der Waals surface area contributed by atoms with Crippen molar-refractivity contribution in [3.63, 3.8) is 0 Å². The molecule has 0 fully saturated rings. The Hall–Kier alpha value is -3.23. The zero-order chi connectivity index (χ0) is 25.1. The highest BCUT2D eigenvalue weighted by Crippen LogP contribution is 2.30. The molecule has 4 rings (SSSR count). The number of nitrogens with one attached hydrogen (secondary N) is 1. The predicted octanol–water partition coefficient (Wildman–Crippen LogP) is 5.64. The molecule has 0 radical (unpaired) electrons. The molecule has 180 valence electrons. The number of ketones is 1. The lowest BCUT2D eigenvalue weighted by Crippen LogP contribution is -2.27. The number of rotatable bonds is 8. The van der Waals surface area contributed by atoms with Gasteiger partial charge in [-0.15, -0.1) is 11.3 Å². The Morgan fingerprint density at radius 2 is 1.77 bits per heavy atom. The summed E-state index contributed by atoms with van der Waals surface area (Å²) in [5, 5.41) is 3.59. The van der Waals surface area contributed by atoms with Crippen LogP contribution in [0, 0.1) is 13.8 Å². The van der Waals surface area contributed by atoms with E-state index in [4.69, 9.17) is 4.98 Å². The van der Waals surface area contributed by atoms with Gasteiger partial charge in [0.15, 0.2) is 10.9 Å². The van der Waals surface area contributed by atoms with Crippen LogP contribution in [0.25, 0.3) is 10.2 Å². The van der Waals surface area contributed by atoms with Gasteiger partial charge >= 0.3 is 0 Å². The van der Waals surface area contributed by atoms with Crippen LogP contribution in [0.15, 0.2) is 64.5 Å². The van der Waals surface area contributed by atoms with Gasteiger partial charge in [-0.25, -0.2) is 4.98 Å². The molecule has 0 unspecified atom stereocenters. The number of amides is 1. The summed E-state index contributed by atoms with van der Waals surface area (Å²) in [6, 6.07) is 16.8. The van der Waals surface area contributed by atoms with Crippen molar-refractivity contribution < 1.29 is 9.59 Å². The Kier molecular flexibility index (Phi) is 7.52. The summed E-state index contributed by atoms with van der Waals surface area (Å²) in [4.78, 5) is 44.5. The highest BCUT2D eigenvalue weighted by Gasteiger charge is 2.22. The first kappa shape index (κ1) is 24.9. The van der Waals surface area contributed by atoms with Crippen LogP contribution in [0.3, 0.4) is 0 Å². The van der Waals surface area contributed by atoms with E-state index in [9.17, 15) is 14.4 Å². The minimum absolute atomic E-state index is 0.0270. The molecule has 0 aliphatic heterocycles. The van der Waals surface area contributed by atoms with E-state index in [1.165, 1.54) is 30.0 Å². The summed E-state index contributed by atoms with van der Waals surface area (Å²) in [6.45, 7) is 7.73. The van der Waals surface area contributed by atoms with Crippen molar-refractivity contribution >= 4 is 50.7 Å². The molecule has 0 spiro atoms. The monoisotopic (exact) mass is 505 g/mol. The van der Waals surface area contributed by atoms with E-state index in [0.29, 0.717) is 39.6 Å². The van der Waals surface area contributed by atoms with Crippen molar-refractivity contribution in [2.75, 3.05) is 5.32 Å². The lowest BCUT2D eigenvalue weighted by atomic mass is 10.1. The molecular formula is C27H27N3O3S2. The number of Topliss-reactive ketones (excluding diaryl/α,β-unsaturated/α-hetero) is 1. The van der Waals surface area contributed by atoms with E-state index < -0.39 is 5.25 Å². The van der Waals surface area contributed by atoms with Gasteiger partial charge in [-0.1, -0.05) is 42.1 Å². The topological polar surface area (TPSA) is 81.1 Å². The minimum Gasteiger partial charge on any atom is -0.325 e. The fraction of sp³-hybridized carbons (Fsp3) is 0.259. The Bertz CT molecular complexity index is 1440. The molecule has 1 N–H and O–H groups in total. The number of thioether (sulfide) groups is 1. The number of anilines is 1. The zero-order valence-electron chi connectivity index (χ0n) is 20.1. The van der Waals surface area contributed by atoms with Crippen molar-refractivity contribution in [1.82, 2.24) is 9.55 Å². The molecule has 35 heavy (non-hydrogen) atoms. The largest absolute Gasteiger partial charge is 0.325 e. The third-order valence-corrected chi connectivity index (χ3v) is 8.12. The molecule has 2 aromatic carbocycles. The summed E-state index contributed by atoms with van der Waals surface area (Å²) in [5.41, 5.74) is 3.23. The molecule has 0 aliphatic carbocycles. The smallest absolute Gasteiger partial charge is 0.263 e. The molecule has 0 saturated heterocycles. The van der Waals surface area contributed by atoms with Crippen LogP contribution in [0.1, 0.15) is 40.2 Å². The van der Waals surface area contributed by atoms with Crippen molar-refractivity contribution in [2.24, 2.45) is 0 Å². The van der Waals surface area contributed by atoms with Crippen LogP contribution in [0.2, 0.25) is 0 Å². The first-order valence-electron chi connectivity index (χ1n) is 11.4. The Balaban J connectivity index is 1.60. The van der Waals surface area contributed by atoms with Gasteiger partial charge < -0.3 is 5.32 Å². The molecule has 6 nitrogen and oxygen atoms in total. The first-order chi connectivity index (χ1) is 16.7. The van der Waals surface area contributed by atoms with E-state index in [1.807, 2.05) is 44.2 Å². The van der Waals surface area contributed by atoms with Crippen molar-refractivity contribution in [3.8, 4) is 0 Å². The van der Waals surface area contributed by atoms with E-state index in [2.05, 4.69) is 5.32 Å². The lowest BCUT2D eigenvalue weighted by molar-refractivity contribution is -0.115. The third-order valence-electron chi connectivity index (χ3n) is 5.93. The first-order valence-corrected chi connectivity index (χ1v) is 13.1. The standard InChI is InChI=1S/C27H27N3O3S2/c1-16-18(3)34-25-23(16)26(33)30(15-14-20-8-6-5-7-9-20)27(29-25)35-19(4)24(32)28-22-12-10-21(11-13-22)17(2)31/h5-13,19H,14-15H2,1-4H3,(H,28,32)/t19-/m1/s1. The molecule has 2 heterocycles. The van der Waals surface area contributed by atoms with E-state index >= 15 is 0 Å². The average Bonchev–Trinajstić information content (AvgIpc) is 3.12. The summed E-state index contributed by atoms with van der Waals surface area (Å²) >= 11 is 2.78. The fourth-order valence-corrected chi connectivity index (χ4v) is 5.73. The predicted molar refractivity (Wildman–Crippen MR) is 144 cm³/mol. The second-order valence-electron chi connectivity index (χ2n) is 8.43. The molecule has 4 aromatic rings. The number of aromatic nitrogens is 2. The SMILES string of the molecule is CC(=O)c1ccc(NC(=O)[C@@H](C)Sc2nc3sc(C)c(C)c3c(=O)n2CCc2ccccc2)cc1. The minimum atomic E-state index is -0.489. The fourth-order valence-electron chi connectivity index (χ4n) is 3.73. The van der Waals surface area contributed by atoms with Gasteiger partial charge in [-0.3, -0.25) is 19.0 Å². The second kappa shape index (κ2) is 10.6. The number of nitrogens with zero attached hydrogens (tertiary/aromatic N) is 2. The maximum atomic E-state index is 13.5. The highest BCUT2D eigenvalue weighted by molar-refractivity contribution is 8.00. The number of benzene rings is 2. The van der Waals surface area contributed by atoms with Crippen molar-refractivity contribution in [2.45, 2.75) is 51.1 Å². The maximum Gasteiger partial charge on any atom is 0.263 e. The zero-order valence-corrected chi connectivity index (χ0v) is 21.8. The Labute approximate surface area is 212 Å². The summed E-state index contributed by atoms with van der Waals surface area (Å²) in [6.07, 6.45) is 0.687. The van der Waals surface area contributed by atoms with Crippen LogP contribution in [0.4, 0.5) is 5.69 Å². The number of carbonyl (C=O) groups is 2. The lowest BCUT2D eigenvalue weighted by Gasteiger charge is -2.16. The van der Waals surface area contributed by atoms with E-state index in [1.54, 1.807) is 35.8 Å². The normalized spacial score (nSPS) is 12.0. The number of carbonyl (C=O) groups excluding carboxylic acids is 2. The van der Waals surface area contributed by atoms with Gasteiger partial charge in [-0.2, -0.15) is 0 Å². The number of aryl methyl sites for hydroxylation is 3. The molecule has 8 heteroatoms. The van der Waals surface area contributed by atoms with Gasteiger partial charge in [0.2, 0.25) is 5.91 Å². The number of hydrogen-bond acceptors (Lipinski definition) is 6. The molecule has 1 amide bonds. The van der Waals surface area contributed by atoms with E-state index in [-0.39, 0.29) is 17.2 Å². The van der Waals surface area contributed by atoms with Gasteiger partial charge in [0, 0.05) is 22.7 Å². The second-order valence-corrected chi connectivity index (χ2v) is 10.9. The number of fused-ring (bicyclic) bond motifs is 1. The van der Waals surface area contributed by atoms with Gasteiger partial charge in [0.25, 0.3) is 5.56 Å². The molecule has 1 atom stereocenters. The van der Waals surface area contributed by atoms with Crippen LogP contribution in [0.5, 0.6) is 0 Å². The molecule has 0 saturated carbocycles. The molecule has 0 bridgehead atoms. The Morgan fingerprint density at radius 3 is 2.43 bits per heavy atom. The third kappa shape index (κ3) is 5.55. The Morgan fingerprint density at radius 1 is 1.09 bits per heavy atom. The van der Waals surface area contributed by atoms with Crippen molar-refractivity contribution in [3.05, 3.63) is 86.5 Å². The average molecular weight is 506 g/mol. The van der Waals surface area contributed by atoms with Gasteiger partial charge in [-0.05, 0) is 69.5 Å². The van der Waals surface area contributed by atoms with Crippen LogP contribution in [-0.4, -0.2) is 26.5 Å². The van der Waals surface area contributed by atoms with Gasteiger partial charge in [0.05, 0.1) is 10.6 Å². The summed E-state index contributed by atoms with van der Waals surface area (Å²) in [7, 11) is 0. The van der Waals surface area contributed by atoms with Crippen LogP contribution >= 0.6 is 23.1 Å². The summed E-state index contributed by atoms with van der Waals surface area (Å²) in [5.74, 6) is -0.228. The quantitative estimate of drug-likeness (QED) is 0.190.